The first-order chi connectivity index (χ1) is 14.6. The van der Waals surface area contributed by atoms with Crippen LogP contribution in [-0.2, 0) is 9.53 Å². The summed E-state index contributed by atoms with van der Waals surface area (Å²) in [5, 5.41) is 10.5. The topological polar surface area (TPSA) is 99.2 Å². The molecular formula is C22H18N4O4. The molecule has 150 valence electrons. The number of nitrogens with one attached hydrogen (secondary N) is 1. The van der Waals surface area contributed by atoms with Gasteiger partial charge in [0, 0.05) is 24.0 Å². The molecule has 4 rings (SSSR count). The minimum Gasteiger partial charge on any atom is -0.444 e. The molecule has 1 unspecified atom stereocenters. The molecule has 0 bridgehead atoms. The molecule has 4 aromatic rings. The molecule has 2 heterocycles. The molecule has 8 heteroatoms. The highest BCUT2D eigenvalue weighted by molar-refractivity contribution is 5.97. The number of esters is 1. The highest BCUT2D eigenvalue weighted by atomic mass is 16.5. The Balaban J connectivity index is 1.53. The summed E-state index contributed by atoms with van der Waals surface area (Å²) in [5.74, 6) is -0.354. The number of hydrogen-bond acceptors (Lipinski definition) is 6. The fraction of sp³-hybridized carbons (Fsp3) is 0.0909. The van der Waals surface area contributed by atoms with Crippen LogP contribution in [0.3, 0.4) is 0 Å². The van der Waals surface area contributed by atoms with Crippen molar-refractivity contribution in [1.29, 1.82) is 0 Å². The Kier molecular flexibility index (Phi) is 5.38. The molecule has 0 radical (unpaired) electrons. The summed E-state index contributed by atoms with van der Waals surface area (Å²) in [4.78, 5) is 25.5. The van der Waals surface area contributed by atoms with Gasteiger partial charge in [-0.1, -0.05) is 35.5 Å². The maximum absolute atomic E-state index is 12.8. The first kappa shape index (κ1) is 19.1. The van der Waals surface area contributed by atoms with Gasteiger partial charge in [0.25, 0.3) is 5.91 Å². The van der Waals surface area contributed by atoms with E-state index in [-0.39, 0.29) is 5.82 Å². The van der Waals surface area contributed by atoms with E-state index >= 15 is 0 Å². The van der Waals surface area contributed by atoms with Crippen LogP contribution >= 0.6 is 0 Å². The van der Waals surface area contributed by atoms with Crippen molar-refractivity contribution < 1.29 is 18.8 Å². The molecule has 1 amide bonds. The van der Waals surface area contributed by atoms with E-state index in [1.165, 1.54) is 0 Å². The van der Waals surface area contributed by atoms with Gasteiger partial charge in [0.15, 0.2) is 5.82 Å². The van der Waals surface area contributed by atoms with E-state index in [0.717, 1.165) is 5.69 Å². The number of nitrogens with zero attached hydrogens (tertiary/aromatic N) is 3. The minimum atomic E-state index is -1.15. The lowest BCUT2D eigenvalue weighted by atomic mass is 10.1. The van der Waals surface area contributed by atoms with Gasteiger partial charge in [0.05, 0.1) is 11.3 Å². The zero-order valence-corrected chi connectivity index (χ0v) is 16.1. The third-order valence-electron chi connectivity index (χ3n) is 4.32. The molecule has 1 N–H and O–H groups in total. The molecule has 0 fully saturated rings. The lowest BCUT2D eigenvalue weighted by Gasteiger charge is -2.17. The van der Waals surface area contributed by atoms with Gasteiger partial charge >= 0.3 is 5.97 Å². The van der Waals surface area contributed by atoms with E-state index in [2.05, 4.69) is 15.6 Å². The number of carbonyl (C=O) groups is 2. The van der Waals surface area contributed by atoms with Gasteiger partial charge in [-0.2, -0.15) is 5.10 Å². The molecule has 30 heavy (non-hydrogen) atoms. The summed E-state index contributed by atoms with van der Waals surface area (Å²) >= 11 is 0. The first-order valence-electron chi connectivity index (χ1n) is 9.20. The van der Waals surface area contributed by atoms with Crippen LogP contribution in [0.15, 0.2) is 83.6 Å². The number of anilines is 1. The van der Waals surface area contributed by atoms with E-state index < -0.39 is 18.0 Å². The molecule has 8 nitrogen and oxygen atoms in total. The van der Waals surface area contributed by atoms with E-state index in [0.29, 0.717) is 16.9 Å². The van der Waals surface area contributed by atoms with Gasteiger partial charge in [-0.05, 0) is 37.3 Å². The fourth-order valence-corrected chi connectivity index (χ4v) is 2.86. The first-order valence-corrected chi connectivity index (χ1v) is 9.20. The summed E-state index contributed by atoms with van der Waals surface area (Å²) in [6.45, 7) is 1.71. The van der Waals surface area contributed by atoms with Crippen LogP contribution in [0.25, 0.3) is 5.69 Å². The van der Waals surface area contributed by atoms with E-state index in [4.69, 9.17) is 9.26 Å². The third-order valence-corrected chi connectivity index (χ3v) is 4.32. The van der Waals surface area contributed by atoms with Gasteiger partial charge in [-0.3, -0.25) is 4.79 Å². The van der Waals surface area contributed by atoms with E-state index in [1.807, 2.05) is 12.1 Å². The van der Waals surface area contributed by atoms with Crippen LogP contribution in [0.1, 0.15) is 27.8 Å². The highest BCUT2D eigenvalue weighted by Crippen LogP contribution is 2.22. The summed E-state index contributed by atoms with van der Waals surface area (Å²) in [6, 6.07) is 18.9. The quantitative estimate of drug-likeness (QED) is 0.494. The number of amides is 1. The molecule has 0 aliphatic heterocycles. The summed E-state index contributed by atoms with van der Waals surface area (Å²) < 4.78 is 12.2. The molecule has 0 aliphatic carbocycles. The molecule has 0 spiro atoms. The summed E-state index contributed by atoms with van der Waals surface area (Å²) in [7, 11) is 0. The Morgan fingerprint density at radius 2 is 1.83 bits per heavy atom. The molecule has 0 saturated heterocycles. The molecular weight excluding hydrogens is 384 g/mol. The van der Waals surface area contributed by atoms with E-state index in [1.54, 1.807) is 78.6 Å². The van der Waals surface area contributed by atoms with Crippen LogP contribution in [0.4, 0.5) is 5.82 Å². The predicted octanol–water partition coefficient (Wildman–Crippen LogP) is 3.71. The molecule has 0 aliphatic rings. The third kappa shape index (κ3) is 4.27. The number of benzene rings is 2. The summed E-state index contributed by atoms with van der Waals surface area (Å²) in [5.41, 5.74) is 1.66. The normalized spacial score (nSPS) is 11.6. The Morgan fingerprint density at radius 3 is 2.47 bits per heavy atom. The number of aromatic nitrogens is 3. The van der Waals surface area contributed by atoms with Crippen molar-refractivity contribution in [3.63, 3.8) is 0 Å². The van der Waals surface area contributed by atoms with Crippen molar-refractivity contribution in [2.24, 2.45) is 0 Å². The molecule has 2 aromatic carbocycles. The van der Waals surface area contributed by atoms with Gasteiger partial charge in [-0.15, -0.1) is 0 Å². The van der Waals surface area contributed by atoms with Crippen LogP contribution in [0.5, 0.6) is 0 Å². The zero-order valence-electron chi connectivity index (χ0n) is 16.1. The van der Waals surface area contributed by atoms with E-state index in [9.17, 15) is 9.59 Å². The number of rotatable bonds is 6. The Labute approximate surface area is 172 Å². The van der Waals surface area contributed by atoms with Crippen molar-refractivity contribution in [1.82, 2.24) is 14.9 Å². The van der Waals surface area contributed by atoms with Gasteiger partial charge in [0.2, 0.25) is 6.10 Å². The largest absolute Gasteiger partial charge is 0.444 e. The molecule has 1 atom stereocenters. The Bertz CT molecular complexity index is 1140. The second-order valence-electron chi connectivity index (χ2n) is 6.51. The molecule has 2 aromatic heterocycles. The lowest BCUT2D eigenvalue weighted by Crippen LogP contribution is -2.26. The maximum atomic E-state index is 12.8. The highest BCUT2D eigenvalue weighted by Gasteiger charge is 2.26. The SMILES string of the molecule is Cc1cc(NC(=O)C(OC(=O)c2ccc(-n3cccn3)cc2)c2ccccc2)no1. The lowest BCUT2D eigenvalue weighted by molar-refractivity contribution is -0.125. The number of hydrogen-bond donors (Lipinski definition) is 1. The molecule has 0 saturated carbocycles. The van der Waals surface area contributed by atoms with Gasteiger partial charge in [-0.25, -0.2) is 9.48 Å². The Morgan fingerprint density at radius 1 is 1.07 bits per heavy atom. The smallest absolute Gasteiger partial charge is 0.339 e. The minimum absolute atomic E-state index is 0.248. The van der Waals surface area contributed by atoms with Crippen LogP contribution in [-0.4, -0.2) is 26.8 Å². The van der Waals surface area contributed by atoms with Crippen LogP contribution < -0.4 is 5.32 Å². The number of ether oxygens (including phenoxy) is 1. The average molecular weight is 402 g/mol. The predicted molar refractivity (Wildman–Crippen MR) is 108 cm³/mol. The zero-order chi connectivity index (χ0) is 20.9. The standard InChI is InChI=1S/C22H18N4O4/c1-15-14-19(25-30-15)24-21(27)20(16-6-3-2-4-7-16)29-22(28)17-8-10-18(11-9-17)26-13-5-12-23-26/h2-14,20H,1H3,(H,24,25,27). The van der Waals surface area contributed by atoms with Crippen LogP contribution in [0, 0.1) is 6.92 Å². The summed E-state index contributed by atoms with van der Waals surface area (Å²) in [6.07, 6.45) is 2.32. The van der Waals surface area contributed by atoms with Crippen molar-refractivity contribution in [2.75, 3.05) is 5.32 Å². The average Bonchev–Trinajstić information content (AvgIpc) is 3.44. The van der Waals surface area contributed by atoms with Gasteiger partial charge in [0.1, 0.15) is 5.76 Å². The number of carbonyl (C=O) groups excluding carboxylic acids is 2. The van der Waals surface area contributed by atoms with Crippen molar-refractivity contribution in [3.8, 4) is 5.69 Å². The van der Waals surface area contributed by atoms with Crippen molar-refractivity contribution >= 4 is 17.7 Å². The van der Waals surface area contributed by atoms with Crippen LogP contribution in [0.2, 0.25) is 0 Å². The second kappa shape index (κ2) is 8.44. The van der Waals surface area contributed by atoms with Crippen molar-refractivity contribution in [3.05, 3.63) is 96.0 Å². The maximum Gasteiger partial charge on any atom is 0.339 e. The monoisotopic (exact) mass is 402 g/mol. The fourth-order valence-electron chi connectivity index (χ4n) is 2.86. The van der Waals surface area contributed by atoms with Crippen molar-refractivity contribution in [2.45, 2.75) is 13.0 Å². The number of aryl methyl sites for hydroxylation is 1. The second-order valence-corrected chi connectivity index (χ2v) is 6.51. The Hall–Kier alpha value is -4.20. The van der Waals surface area contributed by atoms with Gasteiger partial charge < -0.3 is 14.6 Å².